The molecule has 0 saturated heterocycles. The lowest BCUT2D eigenvalue weighted by Crippen LogP contribution is -2.14. The van der Waals surface area contributed by atoms with E-state index in [1.165, 1.54) is 0 Å². The lowest BCUT2D eigenvalue weighted by atomic mass is 10.0. The molecule has 0 radical (unpaired) electrons. The van der Waals surface area contributed by atoms with Crippen molar-refractivity contribution in [3.8, 4) is 5.75 Å². The van der Waals surface area contributed by atoms with Crippen LogP contribution in [0, 0.1) is 13.8 Å². The number of ether oxygens (including phenoxy) is 1. The van der Waals surface area contributed by atoms with Crippen LogP contribution in [0.5, 0.6) is 5.75 Å². The summed E-state index contributed by atoms with van der Waals surface area (Å²) in [6.07, 6.45) is 0. The Morgan fingerprint density at radius 3 is 2.65 bits per heavy atom. The van der Waals surface area contributed by atoms with E-state index >= 15 is 0 Å². The minimum absolute atomic E-state index is 0.171. The molecular formula is C19H18N2O2. The van der Waals surface area contributed by atoms with Gasteiger partial charge in [0.25, 0.3) is 5.91 Å². The molecule has 1 N–H and O–H groups in total. The van der Waals surface area contributed by atoms with E-state index in [2.05, 4.69) is 10.3 Å². The van der Waals surface area contributed by atoms with E-state index in [1.54, 1.807) is 7.11 Å². The van der Waals surface area contributed by atoms with Gasteiger partial charge < -0.3 is 10.1 Å². The van der Waals surface area contributed by atoms with Crippen molar-refractivity contribution in [3.05, 3.63) is 65.4 Å². The van der Waals surface area contributed by atoms with Crippen molar-refractivity contribution in [2.45, 2.75) is 13.8 Å². The second kappa shape index (κ2) is 6.08. The number of rotatable bonds is 3. The fourth-order valence-corrected chi connectivity index (χ4v) is 2.60. The van der Waals surface area contributed by atoms with Crippen molar-refractivity contribution < 1.29 is 9.53 Å². The molecule has 0 atom stereocenters. The number of carbonyl (C=O) groups excluding carboxylic acids is 1. The van der Waals surface area contributed by atoms with Gasteiger partial charge in [-0.1, -0.05) is 23.8 Å². The summed E-state index contributed by atoms with van der Waals surface area (Å²) in [4.78, 5) is 17.3. The minimum Gasteiger partial charge on any atom is -0.495 e. The van der Waals surface area contributed by atoms with Gasteiger partial charge in [-0.2, -0.15) is 0 Å². The van der Waals surface area contributed by atoms with E-state index in [9.17, 15) is 4.79 Å². The van der Waals surface area contributed by atoms with Gasteiger partial charge in [0, 0.05) is 11.1 Å². The van der Waals surface area contributed by atoms with Gasteiger partial charge in [-0.05, 0) is 44.2 Å². The molecule has 116 valence electrons. The molecule has 0 spiro atoms. The van der Waals surface area contributed by atoms with Crippen LogP contribution in [-0.2, 0) is 0 Å². The fraction of sp³-hybridized carbons (Fsp3) is 0.158. The smallest absolute Gasteiger partial charge is 0.256 e. The first kappa shape index (κ1) is 15.0. The number of carbonyl (C=O) groups is 1. The highest BCUT2D eigenvalue weighted by Crippen LogP contribution is 2.26. The second-order valence-corrected chi connectivity index (χ2v) is 5.49. The maximum absolute atomic E-state index is 12.8. The Labute approximate surface area is 135 Å². The van der Waals surface area contributed by atoms with Gasteiger partial charge in [-0.15, -0.1) is 0 Å². The van der Waals surface area contributed by atoms with Crippen molar-refractivity contribution in [3.63, 3.8) is 0 Å². The molecule has 4 nitrogen and oxygen atoms in total. The molecule has 4 heteroatoms. The number of hydrogen-bond acceptors (Lipinski definition) is 3. The van der Waals surface area contributed by atoms with Crippen molar-refractivity contribution in [2.24, 2.45) is 0 Å². The number of nitrogens with zero attached hydrogens (tertiary/aromatic N) is 1. The molecule has 23 heavy (non-hydrogen) atoms. The highest BCUT2D eigenvalue weighted by atomic mass is 16.5. The van der Waals surface area contributed by atoms with E-state index in [0.29, 0.717) is 17.0 Å². The maximum Gasteiger partial charge on any atom is 0.256 e. The number of fused-ring (bicyclic) bond motifs is 1. The largest absolute Gasteiger partial charge is 0.495 e. The summed E-state index contributed by atoms with van der Waals surface area (Å²) < 4.78 is 5.29. The van der Waals surface area contributed by atoms with E-state index in [-0.39, 0.29) is 5.91 Å². The second-order valence-electron chi connectivity index (χ2n) is 5.49. The van der Waals surface area contributed by atoms with Gasteiger partial charge in [0.15, 0.2) is 0 Å². The highest BCUT2D eigenvalue weighted by molar-refractivity contribution is 6.13. The molecule has 1 amide bonds. The topological polar surface area (TPSA) is 51.2 Å². The molecule has 0 bridgehead atoms. The van der Waals surface area contributed by atoms with E-state index in [0.717, 1.165) is 22.2 Å². The molecular weight excluding hydrogens is 288 g/mol. The van der Waals surface area contributed by atoms with Crippen molar-refractivity contribution in [1.29, 1.82) is 0 Å². The van der Waals surface area contributed by atoms with Crippen LogP contribution in [0.4, 0.5) is 5.69 Å². The standard InChI is InChI=1S/C19H18N2O2/c1-12-8-9-16-14(10-12)15(11-13(2)20-16)19(22)21-17-6-4-5-7-18(17)23-3/h4-11H,1-3H3,(H,21,22). The lowest BCUT2D eigenvalue weighted by molar-refractivity contribution is 0.102. The summed E-state index contributed by atoms with van der Waals surface area (Å²) in [6, 6.07) is 15.1. The minimum atomic E-state index is -0.171. The zero-order valence-electron chi connectivity index (χ0n) is 13.4. The molecule has 2 aromatic carbocycles. The zero-order chi connectivity index (χ0) is 16.4. The van der Waals surface area contributed by atoms with Crippen LogP contribution in [0.2, 0.25) is 0 Å². The first-order chi connectivity index (χ1) is 11.1. The Bertz CT molecular complexity index is 888. The SMILES string of the molecule is COc1ccccc1NC(=O)c1cc(C)nc2ccc(C)cc12. The molecule has 0 aliphatic rings. The molecule has 1 heterocycles. The Hall–Kier alpha value is -2.88. The number of aryl methyl sites for hydroxylation is 2. The van der Waals surface area contributed by atoms with Gasteiger partial charge >= 0.3 is 0 Å². The van der Waals surface area contributed by atoms with Gasteiger partial charge in [0.05, 0.1) is 23.9 Å². The lowest BCUT2D eigenvalue weighted by Gasteiger charge is -2.12. The number of anilines is 1. The van der Waals surface area contributed by atoms with Crippen LogP contribution in [0.3, 0.4) is 0 Å². The number of methoxy groups -OCH3 is 1. The summed E-state index contributed by atoms with van der Waals surface area (Å²) in [6.45, 7) is 3.89. The quantitative estimate of drug-likeness (QED) is 0.792. The zero-order valence-corrected chi connectivity index (χ0v) is 13.4. The van der Waals surface area contributed by atoms with Crippen LogP contribution >= 0.6 is 0 Å². The fourth-order valence-electron chi connectivity index (χ4n) is 2.60. The molecule has 0 aliphatic heterocycles. The van der Waals surface area contributed by atoms with Gasteiger partial charge in [-0.25, -0.2) is 0 Å². The van der Waals surface area contributed by atoms with E-state index in [4.69, 9.17) is 4.74 Å². The van der Waals surface area contributed by atoms with Crippen LogP contribution in [-0.4, -0.2) is 18.0 Å². The predicted molar refractivity (Wildman–Crippen MR) is 92.2 cm³/mol. The highest BCUT2D eigenvalue weighted by Gasteiger charge is 2.14. The molecule has 3 aromatic rings. The summed E-state index contributed by atoms with van der Waals surface area (Å²) in [7, 11) is 1.58. The van der Waals surface area contributed by atoms with Crippen LogP contribution in [0.1, 0.15) is 21.6 Å². The Kier molecular flexibility index (Phi) is 3.98. The number of hydrogen-bond donors (Lipinski definition) is 1. The maximum atomic E-state index is 12.8. The van der Waals surface area contributed by atoms with Crippen LogP contribution in [0.25, 0.3) is 10.9 Å². The average molecular weight is 306 g/mol. The number of pyridine rings is 1. The molecule has 0 aliphatic carbocycles. The number of benzene rings is 2. The van der Waals surface area contributed by atoms with Gasteiger partial charge in [0.1, 0.15) is 5.75 Å². The Morgan fingerprint density at radius 2 is 1.87 bits per heavy atom. The summed E-state index contributed by atoms with van der Waals surface area (Å²) in [5.41, 5.74) is 3.99. The predicted octanol–water partition coefficient (Wildman–Crippen LogP) is 4.11. The van der Waals surface area contributed by atoms with Crippen LogP contribution in [0.15, 0.2) is 48.5 Å². The number of aromatic nitrogens is 1. The summed E-state index contributed by atoms with van der Waals surface area (Å²) in [5, 5.41) is 3.77. The Balaban J connectivity index is 2.05. The third kappa shape index (κ3) is 3.01. The van der Waals surface area contributed by atoms with Crippen molar-refractivity contribution in [1.82, 2.24) is 4.98 Å². The number of nitrogens with one attached hydrogen (secondary N) is 1. The third-order valence-electron chi connectivity index (χ3n) is 3.69. The van der Waals surface area contributed by atoms with Crippen LogP contribution < -0.4 is 10.1 Å². The molecule has 0 unspecified atom stereocenters. The normalized spacial score (nSPS) is 10.6. The van der Waals surface area contributed by atoms with E-state index < -0.39 is 0 Å². The van der Waals surface area contributed by atoms with Gasteiger partial charge in [0.2, 0.25) is 0 Å². The Morgan fingerprint density at radius 1 is 1.09 bits per heavy atom. The van der Waals surface area contributed by atoms with Gasteiger partial charge in [-0.3, -0.25) is 9.78 Å². The first-order valence-electron chi connectivity index (χ1n) is 7.41. The number of amides is 1. The number of para-hydroxylation sites is 2. The third-order valence-corrected chi connectivity index (χ3v) is 3.69. The summed E-state index contributed by atoms with van der Waals surface area (Å²) in [5.74, 6) is 0.461. The monoisotopic (exact) mass is 306 g/mol. The van der Waals surface area contributed by atoms with Crippen molar-refractivity contribution >= 4 is 22.5 Å². The molecule has 3 rings (SSSR count). The first-order valence-corrected chi connectivity index (χ1v) is 7.41. The van der Waals surface area contributed by atoms with E-state index in [1.807, 2.05) is 62.4 Å². The summed E-state index contributed by atoms with van der Waals surface area (Å²) >= 11 is 0. The van der Waals surface area contributed by atoms with Crippen molar-refractivity contribution in [2.75, 3.05) is 12.4 Å². The molecule has 0 fully saturated rings. The average Bonchev–Trinajstić information content (AvgIpc) is 2.55. The molecule has 0 saturated carbocycles. The molecule has 1 aromatic heterocycles.